The second-order valence-corrected chi connectivity index (χ2v) is 9.69. The highest BCUT2D eigenvalue weighted by atomic mass is 35.5. The Bertz CT molecular complexity index is 1310. The average molecular weight is 488 g/mol. The number of anilines is 2. The lowest BCUT2D eigenvalue weighted by Crippen LogP contribution is -2.30. The van der Waals surface area contributed by atoms with Gasteiger partial charge < -0.3 is 5.32 Å². The van der Waals surface area contributed by atoms with Crippen LogP contribution in [0, 0.1) is 25.2 Å². The number of amides is 2. The molecule has 0 radical (unpaired) electrons. The van der Waals surface area contributed by atoms with Crippen molar-refractivity contribution in [2.75, 3.05) is 10.2 Å². The van der Waals surface area contributed by atoms with E-state index in [-0.39, 0.29) is 11.5 Å². The molecule has 0 spiro atoms. The number of nitrogens with zero attached hydrogens (tertiary/aromatic N) is 2. The van der Waals surface area contributed by atoms with E-state index in [1.807, 2.05) is 56.3 Å². The number of hydrogen-bond donors (Lipinski definition) is 1. The van der Waals surface area contributed by atoms with Crippen LogP contribution in [-0.2, 0) is 16.0 Å². The molecule has 0 bridgehead atoms. The maximum absolute atomic E-state index is 13.5. The summed E-state index contributed by atoms with van der Waals surface area (Å²) in [6.07, 6.45) is 0.483. The first-order valence-corrected chi connectivity index (χ1v) is 12.0. The number of carbonyl (C=O) groups is 2. The standard InChI is InChI=1S/C27H22ClN3O2S/c1-17-6-10-21(11-7-17)30-25(32)23(16-29)27-31(22-12-8-20(28)9-13-22)26(33)24(34-27)15-19-5-3-4-18(2)14-19/h3-14,24H,15H2,1-2H3,(H,30,32)/b27-23-/t24-/m0/s1. The molecule has 1 N–H and O–H groups in total. The summed E-state index contributed by atoms with van der Waals surface area (Å²) in [5.41, 5.74) is 4.20. The molecule has 5 nitrogen and oxygen atoms in total. The first-order chi connectivity index (χ1) is 16.4. The summed E-state index contributed by atoms with van der Waals surface area (Å²) in [5, 5.41) is 13.1. The van der Waals surface area contributed by atoms with Gasteiger partial charge in [-0.2, -0.15) is 5.26 Å². The van der Waals surface area contributed by atoms with Gasteiger partial charge in [-0.1, -0.05) is 70.9 Å². The van der Waals surface area contributed by atoms with Gasteiger partial charge in [0.2, 0.25) is 5.91 Å². The molecule has 170 valence electrons. The van der Waals surface area contributed by atoms with Gasteiger partial charge in [0.1, 0.15) is 16.7 Å². The minimum atomic E-state index is -0.558. The molecule has 4 rings (SSSR count). The van der Waals surface area contributed by atoms with Crippen LogP contribution in [0.1, 0.15) is 16.7 Å². The Hall–Kier alpha value is -3.53. The molecule has 0 unspecified atom stereocenters. The molecule has 1 aliphatic heterocycles. The van der Waals surface area contributed by atoms with E-state index in [9.17, 15) is 14.9 Å². The Balaban J connectivity index is 1.72. The minimum Gasteiger partial charge on any atom is -0.321 e. The van der Waals surface area contributed by atoms with E-state index in [4.69, 9.17) is 11.6 Å². The van der Waals surface area contributed by atoms with Gasteiger partial charge in [-0.3, -0.25) is 14.5 Å². The van der Waals surface area contributed by atoms with Crippen molar-refractivity contribution < 1.29 is 9.59 Å². The predicted molar refractivity (Wildman–Crippen MR) is 138 cm³/mol. The molecule has 2 amide bonds. The summed E-state index contributed by atoms with van der Waals surface area (Å²) < 4.78 is 0. The molecule has 0 aliphatic carbocycles. The fraction of sp³-hybridized carbons (Fsp3) is 0.148. The van der Waals surface area contributed by atoms with Crippen molar-refractivity contribution >= 4 is 46.6 Å². The van der Waals surface area contributed by atoms with Crippen molar-refractivity contribution in [1.29, 1.82) is 5.26 Å². The smallest absolute Gasteiger partial charge is 0.269 e. The van der Waals surface area contributed by atoms with E-state index in [0.717, 1.165) is 16.7 Å². The number of thioether (sulfide) groups is 1. The van der Waals surface area contributed by atoms with E-state index in [2.05, 4.69) is 5.32 Å². The predicted octanol–water partition coefficient (Wildman–Crippen LogP) is 6.02. The zero-order valence-electron chi connectivity index (χ0n) is 18.7. The van der Waals surface area contributed by atoms with Crippen molar-refractivity contribution in [2.24, 2.45) is 0 Å². The normalized spacial score (nSPS) is 16.8. The number of carbonyl (C=O) groups excluding carboxylic acids is 2. The quantitative estimate of drug-likeness (QED) is 0.352. The van der Waals surface area contributed by atoms with Crippen LogP contribution in [0.25, 0.3) is 0 Å². The van der Waals surface area contributed by atoms with Crippen LogP contribution in [-0.4, -0.2) is 17.1 Å². The second kappa shape index (κ2) is 10.2. The zero-order chi connectivity index (χ0) is 24.2. The molecule has 7 heteroatoms. The highest BCUT2D eigenvalue weighted by molar-refractivity contribution is 8.05. The first-order valence-electron chi connectivity index (χ1n) is 10.7. The van der Waals surface area contributed by atoms with Crippen molar-refractivity contribution in [3.63, 3.8) is 0 Å². The minimum absolute atomic E-state index is 0.111. The van der Waals surface area contributed by atoms with Crippen LogP contribution in [0.15, 0.2) is 83.4 Å². The van der Waals surface area contributed by atoms with E-state index in [0.29, 0.717) is 27.8 Å². The molecule has 3 aromatic rings. The van der Waals surface area contributed by atoms with Gasteiger partial charge in [0.05, 0.1) is 5.25 Å². The summed E-state index contributed by atoms with van der Waals surface area (Å²) >= 11 is 7.29. The Morgan fingerprint density at radius 2 is 1.76 bits per heavy atom. The summed E-state index contributed by atoms with van der Waals surface area (Å²) in [5.74, 6) is -0.739. The molecule has 1 saturated heterocycles. The molecule has 1 atom stereocenters. The molecular weight excluding hydrogens is 466 g/mol. The molecule has 1 fully saturated rings. The van der Waals surface area contributed by atoms with Crippen LogP contribution >= 0.6 is 23.4 Å². The molecule has 0 saturated carbocycles. The summed E-state index contributed by atoms with van der Waals surface area (Å²) in [7, 11) is 0. The van der Waals surface area contributed by atoms with E-state index < -0.39 is 11.2 Å². The largest absolute Gasteiger partial charge is 0.321 e. The van der Waals surface area contributed by atoms with Gasteiger partial charge >= 0.3 is 0 Å². The second-order valence-electron chi connectivity index (χ2n) is 8.06. The van der Waals surface area contributed by atoms with Crippen LogP contribution in [0.2, 0.25) is 5.02 Å². The summed E-state index contributed by atoms with van der Waals surface area (Å²) in [4.78, 5) is 28.1. The monoisotopic (exact) mass is 487 g/mol. The van der Waals surface area contributed by atoms with Gasteiger partial charge in [0.15, 0.2) is 0 Å². The van der Waals surface area contributed by atoms with Crippen LogP contribution in [0.4, 0.5) is 11.4 Å². The van der Waals surface area contributed by atoms with Crippen LogP contribution in [0.3, 0.4) is 0 Å². The zero-order valence-corrected chi connectivity index (χ0v) is 20.3. The molecule has 3 aromatic carbocycles. The molecule has 0 aromatic heterocycles. The summed E-state index contributed by atoms with van der Waals surface area (Å²) in [6, 6.07) is 24.1. The molecule has 34 heavy (non-hydrogen) atoms. The number of nitriles is 1. The van der Waals surface area contributed by atoms with E-state index in [1.165, 1.54) is 16.7 Å². The fourth-order valence-corrected chi connectivity index (χ4v) is 5.13. The number of halogens is 1. The van der Waals surface area contributed by atoms with Crippen molar-refractivity contribution in [1.82, 2.24) is 0 Å². The van der Waals surface area contributed by atoms with Gasteiger partial charge in [-0.15, -0.1) is 0 Å². The van der Waals surface area contributed by atoms with E-state index in [1.54, 1.807) is 36.4 Å². The Morgan fingerprint density at radius 1 is 1.06 bits per heavy atom. The number of rotatable bonds is 5. The van der Waals surface area contributed by atoms with Crippen LogP contribution in [0.5, 0.6) is 0 Å². The fourth-order valence-electron chi connectivity index (χ4n) is 3.70. The first kappa shape index (κ1) is 23.6. The number of nitrogens with one attached hydrogen (secondary N) is 1. The van der Waals surface area contributed by atoms with Crippen LogP contribution < -0.4 is 10.2 Å². The van der Waals surface area contributed by atoms with Crippen molar-refractivity contribution in [3.8, 4) is 6.07 Å². The van der Waals surface area contributed by atoms with Gasteiger partial charge in [0.25, 0.3) is 5.91 Å². The highest BCUT2D eigenvalue weighted by Gasteiger charge is 2.40. The lowest BCUT2D eigenvalue weighted by Gasteiger charge is -2.19. The lowest BCUT2D eigenvalue weighted by molar-refractivity contribution is -0.117. The SMILES string of the molecule is Cc1ccc(NC(=O)/C(C#N)=C2\S[C@@H](Cc3cccc(C)c3)C(=O)N2c2ccc(Cl)cc2)cc1. The molecule has 1 aliphatic rings. The maximum Gasteiger partial charge on any atom is 0.269 e. The Kier molecular flexibility index (Phi) is 7.06. The Labute approximate surface area is 208 Å². The topological polar surface area (TPSA) is 73.2 Å². The van der Waals surface area contributed by atoms with Gasteiger partial charge in [-0.25, -0.2) is 0 Å². The highest BCUT2D eigenvalue weighted by Crippen LogP contribution is 2.42. The van der Waals surface area contributed by atoms with Crippen molar-refractivity contribution in [3.05, 3.63) is 105 Å². The average Bonchev–Trinajstić information content (AvgIpc) is 3.12. The number of hydrogen-bond acceptors (Lipinski definition) is 4. The van der Waals surface area contributed by atoms with Gasteiger partial charge in [-0.05, 0) is 62.2 Å². The third-order valence-corrected chi connectivity index (χ3v) is 6.92. The lowest BCUT2D eigenvalue weighted by atomic mass is 10.1. The number of benzene rings is 3. The molecular formula is C27H22ClN3O2S. The maximum atomic E-state index is 13.5. The third-order valence-electron chi connectivity index (χ3n) is 5.40. The number of aryl methyl sites for hydroxylation is 2. The van der Waals surface area contributed by atoms with Crippen molar-refractivity contribution in [2.45, 2.75) is 25.5 Å². The third kappa shape index (κ3) is 5.17. The Morgan fingerprint density at radius 3 is 2.41 bits per heavy atom. The summed E-state index contributed by atoms with van der Waals surface area (Å²) in [6.45, 7) is 3.95. The molecule has 1 heterocycles. The van der Waals surface area contributed by atoms with Gasteiger partial charge in [0, 0.05) is 16.4 Å². The van der Waals surface area contributed by atoms with E-state index >= 15 is 0 Å².